The number of aromatic amines is 1. The number of H-pyrrole nitrogens is 1. The van der Waals surface area contributed by atoms with Gasteiger partial charge in [-0.3, -0.25) is 24.5 Å². The first-order valence-corrected chi connectivity index (χ1v) is 7.62. The van der Waals surface area contributed by atoms with Crippen LogP contribution in [0.5, 0.6) is 0 Å². The van der Waals surface area contributed by atoms with Crippen molar-refractivity contribution in [1.29, 1.82) is 0 Å². The quantitative estimate of drug-likeness (QED) is 0.581. The van der Waals surface area contributed by atoms with Crippen LogP contribution >= 0.6 is 0 Å². The molecule has 1 saturated heterocycles. The summed E-state index contributed by atoms with van der Waals surface area (Å²) in [5.41, 5.74) is -0.160. The van der Waals surface area contributed by atoms with Gasteiger partial charge in [-0.1, -0.05) is 13.8 Å². The Morgan fingerprint density at radius 1 is 1.58 bits per heavy atom. The Hall–Kier alpha value is -2.30. The number of nitrogens with one attached hydrogen (secondary N) is 2. The predicted octanol–water partition coefficient (Wildman–Crippen LogP) is -0.645. The molecule has 2 aromatic heterocycles. The van der Waals surface area contributed by atoms with Crippen molar-refractivity contribution < 1.29 is 19.7 Å². The van der Waals surface area contributed by atoms with Crippen molar-refractivity contribution in [2.45, 2.75) is 38.7 Å². The molecule has 0 saturated carbocycles. The van der Waals surface area contributed by atoms with Crippen LogP contribution < -0.4 is 10.9 Å². The van der Waals surface area contributed by atoms with Gasteiger partial charge in [-0.15, -0.1) is 0 Å². The summed E-state index contributed by atoms with van der Waals surface area (Å²) in [7, 11) is 0. The second-order valence-electron chi connectivity index (χ2n) is 6.00. The van der Waals surface area contributed by atoms with Gasteiger partial charge in [0.1, 0.15) is 12.3 Å². The molecule has 0 aliphatic carbocycles. The number of aromatic nitrogens is 4. The van der Waals surface area contributed by atoms with Gasteiger partial charge in [0.2, 0.25) is 11.9 Å². The average Bonchev–Trinajstić information content (AvgIpc) is 3.10. The summed E-state index contributed by atoms with van der Waals surface area (Å²) in [6.45, 7) is 3.13. The van der Waals surface area contributed by atoms with Gasteiger partial charge in [0.25, 0.3) is 5.56 Å². The van der Waals surface area contributed by atoms with Gasteiger partial charge in [-0.25, -0.2) is 4.98 Å². The van der Waals surface area contributed by atoms with Crippen molar-refractivity contribution in [1.82, 2.24) is 19.5 Å². The van der Waals surface area contributed by atoms with Crippen molar-refractivity contribution in [2.24, 2.45) is 5.92 Å². The fourth-order valence-corrected chi connectivity index (χ4v) is 2.51. The summed E-state index contributed by atoms with van der Waals surface area (Å²) in [4.78, 5) is 34.6. The Bertz CT molecular complexity index is 813. The monoisotopic (exact) mass is 337 g/mol. The number of amides is 1. The molecule has 4 N–H and O–H groups in total. The van der Waals surface area contributed by atoms with Crippen LogP contribution in [0.3, 0.4) is 0 Å². The van der Waals surface area contributed by atoms with Crippen LogP contribution in [0.25, 0.3) is 11.2 Å². The largest absolute Gasteiger partial charge is 0.394 e. The number of carbonyl (C=O) groups is 1. The van der Waals surface area contributed by atoms with E-state index in [4.69, 9.17) is 4.74 Å². The molecule has 130 valence electrons. The minimum Gasteiger partial charge on any atom is -0.394 e. The maximum absolute atomic E-state index is 12.1. The second-order valence-corrected chi connectivity index (χ2v) is 6.00. The highest BCUT2D eigenvalue weighted by Crippen LogP contribution is 2.30. The molecule has 1 aliphatic heterocycles. The Balaban J connectivity index is 1.97. The first-order valence-electron chi connectivity index (χ1n) is 7.62. The number of rotatable bonds is 4. The van der Waals surface area contributed by atoms with Gasteiger partial charge in [-0.2, -0.15) is 4.98 Å². The van der Waals surface area contributed by atoms with Gasteiger partial charge in [0.05, 0.1) is 19.0 Å². The first kappa shape index (κ1) is 16.6. The van der Waals surface area contributed by atoms with Crippen molar-refractivity contribution in [3.8, 4) is 0 Å². The van der Waals surface area contributed by atoms with Gasteiger partial charge >= 0.3 is 0 Å². The Morgan fingerprint density at radius 3 is 2.96 bits per heavy atom. The third kappa shape index (κ3) is 2.90. The molecule has 10 heteroatoms. The van der Waals surface area contributed by atoms with E-state index in [9.17, 15) is 19.8 Å². The molecule has 1 aliphatic rings. The molecule has 0 aromatic carbocycles. The lowest BCUT2D eigenvalue weighted by molar-refractivity contribution is -0.118. The third-order valence-electron chi connectivity index (χ3n) is 3.89. The number of hydrogen-bond donors (Lipinski definition) is 4. The number of aliphatic hydroxyl groups excluding tert-OH is 2. The number of aliphatic hydroxyl groups is 2. The van der Waals surface area contributed by atoms with Crippen LogP contribution in [-0.4, -0.2) is 54.5 Å². The predicted molar refractivity (Wildman–Crippen MR) is 83.2 cm³/mol. The van der Waals surface area contributed by atoms with Crippen LogP contribution in [0.4, 0.5) is 5.95 Å². The molecular weight excluding hydrogens is 318 g/mol. The van der Waals surface area contributed by atoms with E-state index in [0.29, 0.717) is 0 Å². The highest BCUT2D eigenvalue weighted by Gasteiger charge is 2.35. The summed E-state index contributed by atoms with van der Waals surface area (Å²) < 4.78 is 7.07. The Kier molecular flexibility index (Phi) is 4.35. The first-order chi connectivity index (χ1) is 11.4. The average molecular weight is 337 g/mol. The van der Waals surface area contributed by atoms with E-state index in [-0.39, 0.29) is 42.0 Å². The van der Waals surface area contributed by atoms with E-state index in [1.165, 1.54) is 10.9 Å². The zero-order chi connectivity index (χ0) is 17.4. The van der Waals surface area contributed by atoms with Crippen LogP contribution in [0.15, 0.2) is 11.1 Å². The molecule has 1 fully saturated rings. The Labute approximate surface area is 136 Å². The molecule has 2 aromatic rings. The van der Waals surface area contributed by atoms with E-state index in [0.717, 1.165) is 0 Å². The summed E-state index contributed by atoms with van der Waals surface area (Å²) in [6.07, 6.45) is -0.504. The number of nitrogens with zero attached hydrogens (tertiary/aromatic N) is 3. The van der Waals surface area contributed by atoms with Crippen LogP contribution in [0, 0.1) is 5.92 Å². The lowest BCUT2D eigenvalue weighted by Gasteiger charge is -2.14. The maximum Gasteiger partial charge on any atom is 0.280 e. The zero-order valence-electron chi connectivity index (χ0n) is 13.3. The number of imidazole rings is 1. The van der Waals surface area contributed by atoms with Gasteiger partial charge < -0.3 is 14.9 Å². The van der Waals surface area contributed by atoms with E-state index < -0.39 is 24.0 Å². The topological polar surface area (TPSA) is 142 Å². The summed E-state index contributed by atoms with van der Waals surface area (Å²) in [5, 5.41) is 21.6. The zero-order valence-corrected chi connectivity index (χ0v) is 13.3. The van der Waals surface area contributed by atoms with Crippen molar-refractivity contribution in [3.05, 3.63) is 16.7 Å². The Morgan fingerprint density at radius 2 is 2.33 bits per heavy atom. The van der Waals surface area contributed by atoms with E-state index in [2.05, 4.69) is 20.3 Å². The van der Waals surface area contributed by atoms with E-state index >= 15 is 0 Å². The molecule has 0 spiro atoms. The fraction of sp³-hybridized carbons (Fsp3) is 0.571. The summed E-state index contributed by atoms with van der Waals surface area (Å²) >= 11 is 0. The summed E-state index contributed by atoms with van der Waals surface area (Å²) in [5.74, 6) is -0.531. The molecule has 24 heavy (non-hydrogen) atoms. The molecule has 0 bridgehead atoms. The van der Waals surface area contributed by atoms with Crippen LogP contribution in [-0.2, 0) is 9.53 Å². The van der Waals surface area contributed by atoms with E-state index in [1.807, 2.05) is 0 Å². The number of carbonyl (C=O) groups excluding carboxylic acids is 1. The van der Waals surface area contributed by atoms with Crippen molar-refractivity contribution >= 4 is 23.0 Å². The minimum atomic E-state index is -0.820. The van der Waals surface area contributed by atoms with Crippen LogP contribution in [0.1, 0.15) is 26.5 Å². The molecule has 3 atom stereocenters. The third-order valence-corrected chi connectivity index (χ3v) is 3.89. The molecule has 0 radical (unpaired) electrons. The molecule has 1 amide bonds. The maximum atomic E-state index is 12.1. The SMILES string of the molecule is CC(C)C(=O)Nc1nc2c(ncn2[C@H]2C[C@H](O)[C@H](CO)O2)c(=O)[nH]1. The second kappa shape index (κ2) is 6.30. The highest BCUT2D eigenvalue weighted by atomic mass is 16.5. The van der Waals surface area contributed by atoms with Gasteiger partial charge in [-0.05, 0) is 0 Å². The van der Waals surface area contributed by atoms with Crippen molar-refractivity contribution in [2.75, 3.05) is 11.9 Å². The molecule has 3 heterocycles. The van der Waals surface area contributed by atoms with Crippen molar-refractivity contribution in [3.63, 3.8) is 0 Å². The standard InChI is InChI=1S/C14H19N5O5/c1-6(2)12(22)17-14-16-11-10(13(23)18-14)15-5-19(11)9-3-7(21)8(4-20)24-9/h5-9,20-21H,3-4H2,1-2H3,(H2,16,17,18,22,23)/t7-,8-,9+/m0/s1. The number of hydrogen-bond acceptors (Lipinski definition) is 7. The molecule has 3 rings (SSSR count). The molecule has 0 unspecified atom stereocenters. The lowest BCUT2D eigenvalue weighted by atomic mass is 10.2. The number of anilines is 1. The fourth-order valence-electron chi connectivity index (χ4n) is 2.51. The highest BCUT2D eigenvalue weighted by molar-refractivity contribution is 5.91. The van der Waals surface area contributed by atoms with Gasteiger partial charge in [0, 0.05) is 12.3 Å². The minimum absolute atomic E-state index is 0.0187. The number of fused-ring (bicyclic) bond motifs is 1. The van der Waals surface area contributed by atoms with E-state index in [1.54, 1.807) is 13.8 Å². The lowest BCUT2D eigenvalue weighted by Crippen LogP contribution is -2.24. The molecule has 10 nitrogen and oxygen atoms in total. The van der Waals surface area contributed by atoms with Crippen LogP contribution in [0.2, 0.25) is 0 Å². The number of ether oxygens (including phenoxy) is 1. The smallest absolute Gasteiger partial charge is 0.280 e. The normalized spacial score (nSPS) is 24.0. The molecular formula is C14H19N5O5. The van der Waals surface area contributed by atoms with Gasteiger partial charge in [0.15, 0.2) is 11.2 Å². The summed E-state index contributed by atoms with van der Waals surface area (Å²) in [6, 6.07) is 0.